The minimum Gasteiger partial charge on any atom is -0.328 e. The Kier molecular flexibility index (Phi) is 3.94. The standard InChI is InChI=1S/C14H13N3OS2/c18-14(11-7-15-16-8-11)17(9-12-3-1-5-19-12)10-13-4-2-6-20-13/h1-8H,9-10H2,(H,15,16). The Bertz CT molecular complexity index is 608. The number of H-pyrrole nitrogens is 1. The molecule has 0 fully saturated rings. The van der Waals surface area contributed by atoms with Crippen LogP contribution in [0.2, 0.25) is 0 Å². The normalized spacial score (nSPS) is 10.6. The molecule has 0 unspecified atom stereocenters. The minimum absolute atomic E-state index is 0.000509. The van der Waals surface area contributed by atoms with E-state index < -0.39 is 0 Å². The van der Waals surface area contributed by atoms with Gasteiger partial charge in [-0.2, -0.15) is 5.10 Å². The van der Waals surface area contributed by atoms with E-state index in [0.29, 0.717) is 18.7 Å². The zero-order chi connectivity index (χ0) is 13.8. The predicted octanol–water partition coefficient (Wildman–Crippen LogP) is 3.38. The number of rotatable bonds is 5. The molecule has 3 heterocycles. The Balaban J connectivity index is 1.81. The molecule has 3 aromatic heterocycles. The van der Waals surface area contributed by atoms with Gasteiger partial charge in [0, 0.05) is 16.0 Å². The van der Waals surface area contributed by atoms with Crippen LogP contribution in [0.25, 0.3) is 0 Å². The van der Waals surface area contributed by atoms with E-state index in [4.69, 9.17) is 0 Å². The molecular weight excluding hydrogens is 290 g/mol. The molecule has 1 N–H and O–H groups in total. The van der Waals surface area contributed by atoms with Gasteiger partial charge in [0.05, 0.1) is 24.8 Å². The van der Waals surface area contributed by atoms with Crippen LogP contribution in [0.3, 0.4) is 0 Å². The summed E-state index contributed by atoms with van der Waals surface area (Å²) >= 11 is 3.33. The van der Waals surface area contributed by atoms with Crippen molar-refractivity contribution in [3.8, 4) is 0 Å². The van der Waals surface area contributed by atoms with Crippen LogP contribution >= 0.6 is 22.7 Å². The Morgan fingerprint density at radius 2 is 1.80 bits per heavy atom. The van der Waals surface area contributed by atoms with Crippen LogP contribution in [-0.4, -0.2) is 21.0 Å². The number of carbonyl (C=O) groups excluding carboxylic acids is 1. The lowest BCUT2D eigenvalue weighted by Crippen LogP contribution is -2.29. The highest BCUT2D eigenvalue weighted by atomic mass is 32.1. The van der Waals surface area contributed by atoms with Crippen LogP contribution in [0, 0.1) is 0 Å². The number of aromatic amines is 1. The van der Waals surface area contributed by atoms with E-state index >= 15 is 0 Å². The average Bonchev–Trinajstić information content (AvgIpc) is 3.20. The molecular formula is C14H13N3OS2. The van der Waals surface area contributed by atoms with Crippen molar-refractivity contribution in [1.82, 2.24) is 15.1 Å². The summed E-state index contributed by atoms with van der Waals surface area (Å²) in [6, 6.07) is 8.11. The van der Waals surface area contributed by atoms with Gasteiger partial charge in [0.1, 0.15) is 0 Å². The van der Waals surface area contributed by atoms with Gasteiger partial charge in [-0.15, -0.1) is 22.7 Å². The van der Waals surface area contributed by atoms with Crippen molar-refractivity contribution < 1.29 is 4.79 Å². The zero-order valence-electron chi connectivity index (χ0n) is 10.7. The van der Waals surface area contributed by atoms with Gasteiger partial charge in [-0.1, -0.05) is 12.1 Å². The SMILES string of the molecule is O=C(c1cn[nH]c1)N(Cc1cccs1)Cc1cccs1. The molecule has 0 spiro atoms. The first kappa shape index (κ1) is 13.1. The van der Waals surface area contributed by atoms with Crippen LogP contribution in [-0.2, 0) is 13.1 Å². The number of nitrogens with zero attached hydrogens (tertiary/aromatic N) is 2. The molecule has 0 aliphatic rings. The van der Waals surface area contributed by atoms with Gasteiger partial charge >= 0.3 is 0 Å². The van der Waals surface area contributed by atoms with Crippen molar-refractivity contribution in [2.45, 2.75) is 13.1 Å². The van der Waals surface area contributed by atoms with Crippen molar-refractivity contribution in [2.24, 2.45) is 0 Å². The third kappa shape index (κ3) is 2.97. The van der Waals surface area contributed by atoms with Crippen molar-refractivity contribution in [2.75, 3.05) is 0 Å². The summed E-state index contributed by atoms with van der Waals surface area (Å²) in [5.41, 5.74) is 0.595. The van der Waals surface area contributed by atoms with E-state index in [9.17, 15) is 4.79 Å². The number of hydrogen-bond acceptors (Lipinski definition) is 4. The number of aromatic nitrogens is 2. The molecule has 0 radical (unpaired) electrons. The van der Waals surface area contributed by atoms with Crippen molar-refractivity contribution in [1.29, 1.82) is 0 Å². The smallest absolute Gasteiger partial charge is 0.257 e. The molecule has 0 aromatic carbocycles. The van der Waals surface area contributed by atoms with Gasteiger partial charge in [0.2, 0.25) is 0 Å². The third-order valence-corrected chi connectivity index (χ3v) is 4.61. The number of thiophene rings is 2. The second-order valence-corrected chi connectivity index (χ2v) is 6.37. The molecule has 4 nitrogen and oxygen atoms in total. The fourth-order valence-corrected chi connectivity index (χ4v) is 3.37. The fraction of sp³-hybridized carbons (Fsp3) is 0.143. The summed E-state index contributed by atoms with van der Waals surface area (Å²) in [4.78, 5) is 16.7. The number of hydrogen-bond donors (Lipinski definition) is 1. The van der Waals surface area contributed by atoms with E-state index in [0.717, 1.165) is 0 Å². The first-order valence-corrected chi connectivity index (χ1v) is 7.91. The highest BCUT2D eigenvalue weighted by Crippen LogP contribution is 2.19. The topological polar surface area (TPSA) is 49.0 Å². The second kappa shape index (κ2) is 6.02. The number of nitrogens with one attached hydrogen (secondary N) is 1. The Hall–Kier alpha value is -1.92. The second-order valence-electron chi connectivity index (χ2n) is 4.31. The summed E-state index contributed by atoms with van der Waals surface area (Å²) in [7, 11) is 0. The lowest BCUT2D eigenvalue weighted by Gasteiger charge is -2.20. The lowest BCUT2D eigenvalue weighted by atomic mass is 10.2. The first-order valence-electron chi connectivity index (χ1n) is 6.16. The molecule has 0 aliphatic heterocycles. The van der Waals surface area contributed by atoms with Gasteiger partial charge in [-0.05, 0) is 22.9 Å². The Morgan fingerprint density at radius 1 is 1.15 bits per heavy atom. The minimum atomic E-state index is 0.000509. The maximum atomic E-state index is 12.5. The van der Waals surface area contributed by atoms with Crippen molar-refractivity contribution >= 4 is 28.6 Å². The molecule has 0 atom stereocenters. The van der Waals surface area contributed by atoms with Crippen LogP contribution < -0.4 is 0 Å². The molecule has 0 saturated heterocycles. The fourth-order valence-electron chi connectivity index (χ4n) is 1.93. The molecule has 102 valence electrons. The highest BCUT2D eigenvalue weighted by Gasteiger charge is 2.18. The molecule has 3 rings (SSSR count). The largest absolute Gasteiger partial charge is 0.328 e. The van der Waals surface area contributed by atoms with Crippen LogP contribution in [0.1, 0.15) is 20.1 Å². The van der Waals surface area contributed by atoms with Crippen molar-refractivity contribution in [3.63, 3.8) is 0 Å². The summed E-state index contributed by atoms with van der Waals surface area (Å²) in [5.74, 6) is 0.000509. The Labute approximate surface area is 124 Å². The third-order valence-electron chi connectivity index (χ3n) is 2.89. The Morgan fingerprint density at radius 3 is 2.25 bits per heavy atom. The van der Waals surface area contributed by atoms with E-state index in [1.54, 1.807) is 35.1 Å². The van der Waals surface area contributed by atoms with E-state index in [-0.39, 0.29) is 5.91 Å². The van der Waals surface area contributed by atoms with Crippen LogP contribution in [0.5, 0.6) is 0 Å². The molecule has 0 saturated carbocycles. The van der Waals surface area contributed by atoms with E-state index in [2.05, 4.69) is 22.3 Å². The predicted molar refractivity (Wildman–Crippen MR) is 80.8 cm³/mol. The molecule has 6 heteroatoms. The van der Waals surface area contributed by atoms with Gasteiger partial charge in [0.15, 0.2) is 0 Å². The van der Waals surface area contributed by atoms with Gasteiger partial charge in [-0.25, -0.2) is 0 Å². The van der Waals surface area contributed by atoms with Crippen LogP contribution in [0.4, 0.5) is 0 Å². The molecule has 20 heavy (non-hydrogen) atoms. The molecule has 3 aromatic rings. The van der Waals surface area contributed by atoms with E-state index in [1.807, 2.05) is 27.8 Å². The number of amides is 1. The highest BCUT2D eigenvalue weighted by molar-refractivity contribution is 7.10. The lowest BCUT2D eigenvalue weighted by molar-refractivity contribution is 0.0733. The van der Waals surface area contributed by atoms with Crippen LogP contribution in [0.15, 0.2) is 47.4 Å². The first-order chi connectivity index (χ1) is 9.83. The monoisotopic (exact) mass is 303 g/mol. The number of carbonyl (C=O) groups is 1. The molecule has 0 bridgehead atoms. The zero-order valence-corrected chi connectivity index (χ0v) is 12.3. The quantitative estimate of drug-likeness (QED) is 0.785. The summed E-state index contributed by atoms with van der Waals surface area (Å²) in [5, 5.41) is 10.6. The van der Waals surface area contributed by atoms with Gasteiger partial charge in [-0.3, -0.25) is 9.89 Å². The summed E-state index contributed by atoms with van der Waals surface area (Å²) in [6.07, 6.45) is 3.20. The van der Waals surface area contributed by atoms with Gasteiger partial charge in [0.25, 0.3) is 5.91 Å². The maximum absolute atomic E-state index is 12.5. The molecule has 0 aliphatic carbocycles. The average molecular weight is 303 g/mol. The summed E-state index contributed by atoms with van der Waals surface area (Å²) < 4.78 is 0. The summed E-state index contributed by atoms with van der Waals surface area (Å²) in [6.45, 7) is 1.25. The van der Waals surface area contributed by atoms with Gasteiger partial charge < -0.3 is 4.90 Å². The maximum Gasteiger partial charge on any atom is 0.257 e. The molecule has 1 amide bonds. The van der Waals surface area contributed by atoms with E-state index in [1.165, 1.54) is 9.75 Å². The van der Waals surface area contributed by atoms with Crippen molar-refractivity contribution in [3.05, 3.63) is 62.7 Å².